The van der Waals surface area contributed by atoms with Gasteiger partial charge in [-0.05, 0) is 30.2 Å². The minimum absolute atomic E-state index is 0.185. The second kappa shape index (κ2) is 5.79. The van der Waals surface area contributed by atoms with Gasteiger partial charge in [-0.3, -0.25) is 4.68 Å². The summed E-state index contributed by atoms with van der Waals surface area (Å²) in [6.07, 6.45) is 0.660. The van der Waals surface area contributed by atoms with Crippen LogP contribution in [0, 0.1) is 0 Å². The fourth-order valence-electron chi connectivity index (χ4n) is 2.54. The van der Waals surface area contributed by atoms with Gasteiger partial charge in [-0.2, -0.15) is 5.10 Å². The van der Waals surface area contributed by atoms with E-state index in [-0.39, 0.29) is 6.04 Å². The van der Waals surface area contributed by atoms with E-state index in [1.807, 2.05) is 48.1 Å². The Bertz CT molecular complexity index is 797. The molecule has 1 aromatic heterocycles. The summed E-state index contributed by atoms with van der Waals surface area (Å²) in [5, 5.41) is 6.39. The maximum absolute atomic E-state index is 6.37. The van der Waals surface area contributed by atoms with E-state index in [4.69, 9.17) is 17.3 Å². The van der Waals surface area contributed by atoms with Crippen molar-refractivity contribution in [1.82, 2.24) is 9.78 Å². The molecular weight excluding hydrogens is 350 g/mol. The van der Waals surface area contributed by atoms with Crippen LogP contribution in [-0.2, 0) is 13.5 Å². The Morgan fingerprint density at radius 1 is 1.29 bits per heavy atom. The molecule has 1 unspecified atom stereocenters. The van der Waals surface area contributed by atoms with E-state index in [9.17, 15) is 0 Å². The van der Waals surface area contributed by atoms with Crippen LogP contribution in [0.4, 0.5) is 0 Å². The molecule has 3 aromatic rings. The van der Waals surface area contributed by atoms with Crippen LogP contribution >= 0.6 is 27.5 Å². The van der Waals surface area contributed by atoms with Crippen LogP contribution in [0.25, 0.3) is 10.9 Å². The number of nitrogens with zero attached hydrogens (tertiary/aromatic N) is 2. The minimum Gasteiger partial charge on any atom is -0.322 e. The van der Waals surface area contributed by atoms with Crippen LogP contribution in [0.15, 0.2) is 46.9 Å². The van der Waals surface area contributed by atoms with Crippen molar-refractivity contribution in [2.24, 2.45) is 12.8 Å². The molecule has 2 aromatic carbocycles. The smallest absolute Gasteiger partial charge is 0.0873 e. The summed E-state index contributed by atoms with van der Waals surface area (Å²) in [6.45, 7) is 0. The van der Waals surface area contributed by atoms with E-state index in [1.54, 1.807) is 0 Å². The van der Waals surface area contributed by atoms with Gasteiger partial charge in [0.2, 0.25) is 0 Å². The molecule has 0 spiro atoms. The zero-order valence-corrected chi connectivity index (χ0v) is 13.9. The zero-order chi connectivity index (χ0) is 15.0. The first-order valence-electron chi connectivity index (χ1n) is 6.67. The second-order valence-electron chi connectivity index (χ2n) is 5.07. The van der Waals surface area contributed by atoms with E-state index < -0.39 is 0 Å². The number of nitrogens with two attached hydrogens (primary N) is 1. The van der Waals surface area contributed by atoms with E-state index in [2.05, 4.69) is 27.1 Å². The van der Waals surface area contributed by atoms with Crippen molar-refractivity contribution in [3.8, 4) is 0 Å². The van der Waals surface area contributed by atoms with E-state index in [1.165, 1.54) is 0 Å². The SMILES string of the molecule is Cn1nc(C(N)Cc2ccc(Br)cc2Cl)c2ccccc21. The average molecular weight is 365 g/mol. The van der Waals surface area contributed by atoms with E-state index in [0.29, 0.717) is 6.42 Å². The number of aromatic nitrogens is 2. The molecule has 3 rings (SSSR count). The minimum atomic E-state index is -0.185. The first-order chi connectivity index (χ1) is 10.1. The number of halogens is 2. The maximum Gasteiger partial charge on any atom is 0.0873 e. The highest BCUT2D eigenvalue weighted by atomic mass is 79.9. The monoisotopic (exact) mass is 363 g/mol. The summed E-state index contributed by atoms with van der Waals surface area (Å²) < 4.78 is 2.83. The molecule has 0 fully saturated rings. The lowest BCUT2D eigenvalue weighted by molar-refractivity contribution is 0.665. The number of rotatable bonds is 3. The van der Waals surface area contributed by atoms with Gasteiger partial charge in [-0.25, -0.2) is 0 Å². The molecule has 3 nitrogen and oxygen atoms in total. The molecule has 5 heteroatoms. The molecule has 0 saturated carbocycles. The summed E-state index contributed by atoms with van der Waals surface area (Å²) in [7, 11) is 1.94. The molecule has 2 N–H and O–H groups in total. The van der Waals surface area contributed by atoms with E-state index in [0.717, 1.165) is 31.7 Å². The Kier molecular flexibility index (Phi) is 4.02. The first-order valence-corrected chi connectivity index (χ1v) is 7.84. The number of fused-ring (bicyclic) bond motifs is 1. The molecule has 1 atom stereocenters. The van der Waals surface area contributed by atoms with Gasteiger partial charge >= 0.3 is 0 Å². The highest BCUT2D eigenvalue weighted by Crippen LogP contribution is 2.28. The number of para-hydroxylation sites is 1. The third-order valence-electron chi connectivity index (χ3n) is 3.59. The van der Waals surface area contributed by atoms with Crippen molar-refractivity contribution in [1.29, 1.82) is 0 Å². The third-order valence-corrected chi connectivity index (χ3v) is 4.44. The van der Waals surface area contributed by atoms with E-state index >= 15 is 0 Å². The molecule has 0 aliphatic rings. The lowest BCUT2D eigenvalue weighted by Gasteiger charge is -2.11. The van der Waals surface area contributed by atoms with Crippen molar-refractivity contribution in [3.63, 3.8) is 0 Å². The van der Waals surface area contributed by atoms with Gasteiger partial charge < -0.3 is 5.73 Å². The van der Waals surface area contributed by atoms with Crippen molar-refractivity contribution in [2.45, 2.75) is 12.5 Å². The quantitative estimate of drug-likeness (QED) is 0.755. The van der Waals surface area contributed by atoms with Crippen molar-refractivity contribution >= 4 is 38.4 Å². The van der Waals surface area contributed by atoms with Gasteiger partial charge in [-0.1, -0.05) is 51.8 Å². The molecule has 0 amide bonds. The van der Waals surface area contributed by atoms with Gasteiger partial charge in [0.15, 0.2) is 0 Å². The summed E-state index contributed by atoms with van der Waals surface area (Å²) in [6, 6.07) is 13.8. The lowest BCUT2D eigenvalue weighted by Crippen LogP contribution is -2.15. The molecule has 0 saturated heterocycles. The molecule has 1 heterocycles. The summed E-state index contributed by atoms with van der Waals surface area (Å²) in [4.78, 5) is 0. The van der Waals surface area contributed by atoms with Gasteiger partial charge in [0.1, 0.15) is 0 Å². The lowest BCUT2D eigenvalue weighted by atomic mass is 10.0. The number of aryl methyl sites for hydroxylation is 1. The average Bonchev–Trinajstić information content (AvgIpc) is 2.80. The van der Waals surface area contributed by atoms with Gasteiger partial charge in [-0.15, -0.1) is 0 Å². The topological polar surface area (TPSA) is 43.8 Å². The number of benzene rings is 2. The summed E-state index contributed by atoms with van der Waals surface area (Å²) in [5.74, 6) is 0. The predicted octanol–water partition coefficient (Wildman–Crippen LogP) is 4.23. The zero-order valence-electron chi connectivity index (χ0n) is 11.6. The van der Waals surface area contributed by atoms with Crippen molar-refractivity contribution in [2.75, 3.05) is 0 Å². The Labute approximate surface area is 136 Å². The molecule has 0 radical (unpaired) electrons. The molecule has 0 aliphatic carbocycles. The van der Waals surface area contributed by atoms with Crippen molar-refractivity contribution in [3.05, 3.63) is 63.2 Å². The molecule has 108 valence electrons. The normalized spacial score (nSPS) is 12.8. The molecule has 0 aliphatic heterocycles. The van der Waals surface area contributed by atoms with Crippen molar-refractivity contribution < 1.29 is 0 Å². The highest BCUT2D eigenvalue weighted by molar-refractivity contribution is 9.10. The van der Waals surface area contributed by atoms with Gasteiger partial charge in [0, 0.05) is 21.9 Å². The number of hydrogen-bond donors (Lipinski definition) is 1. The Morgan fingerprint density at radius 2 is 2.05 bits per heavy atom. The molecular formula is C16H15BrClN3. The highest BCUT2D eigenvalue weighted by Gasteiger charge is 2.16. The largest absolute Gasteiger partial charge is 0.322 e. The van der Waals surface area contributed by atoms with Crippen LogP contribution in [0.1, 0.15) is 17.3 Å². The standard InChI is InChI=1S/C16H15BrClN3/c1-21-15-5-3-2-4-12(15)16(20-21)14(19)8-10-6-7-11(17)9-13(10)18/h2-7,9,14H,8,19H2,1H3. The Morgan fingerprint density at radius 3 is 2.81 bits per heavy atom. The predicted molar refractivity (Wildman–Crippen MR) is 90.5 cm³/mol. The van der Waals surface area contributed by atoms with Gasteiger partial charge in [0.05, 0.1) is 17.3 Å². The Balaban J connectivity index is 1.95. The fourth-order valence-corrected chi connectivity index (χ4v) is 3.29. The summed E-state index contributed by atoms with van der Waals surface area (Å²) in [5.41, 5.74) is 9.39. The maximum atomic E-state index is 6.37. The second-order valence-corrected chi connectivity index (χ2v) is 6.40. The Hall–Kier alpha value is -1.36. The third kappa shape index (κ3) is 2.84. The van der Waals surface area contributed by atoms with Gasteiger partial charge in [0.25, 0.3) is 0 Å². The van der Waals surface area contributed by atoms with Crippen LogP contribution < -0.4 is 5.73 Å². The summed E-state index contributed by atoms with van der Waals surface area (Å²) >= 11 is 9.69. The van der Waals surface area contributed by atoms with Crippen LogP contribution in [0.2, 0.25) is 5.02 Å². The number of hydrogen-bond acceptors (Lipinski definition) is 2. The molecule has 0 bridgehead atoms. The molecule has 21 heavy (non-hydrogen) atoms. The van der Waals surface area contributed by atoms with Crippen LogP contribution in [-0.4, -0.2) is 9.78 Å². The van der Waals surface area contributed by atoms with Crippen LogP contribution in [0.3, 0.4) is 0 Å². The first kappa shape index (κ1) is 14.6. The van der Waals surface area contributed by atoms with Crippen LogP contribution in [0.5, 0.6) is 0 Å². The fraction of sp³-hybridized carbons (Fsp3) is 0.188.